The molecule has 0 bridgehead atoms. The molecule has 4 N–H and O–H groups in total. The maximum atomic E-state index is 6.11. The largest absolute Gasteiger partial charge is 0.436 e. The van der Waals surface area contributed by atoms with Gasteiger partial charge in [0.15, 0.2) is 5.58 Å². The highest BCUT2D eigenvalue weighted by Crippen LogP contribution is 2.31. The van der Waals surface area contributed by atoms with Crippen molar-refractivity contribution in [2.75, 3.05) is 11.5 Å². The number of aromatic nitrogens is 1. The van der Waals surface area contributed by atoms with Crippen molar-refractivity contribution >= 4 is 34.1 Å². The van der Waals surface area contributed by atoms with Crippen LogP contribution in [0.3, 0.4) is 0 Å². The predicted octanol–water partition coefficient (Wildman–Crippen LogP) is 3.31. The first-order chi connectivity index (χ1) is 8.63. The van der Waals surface area contributed by atoms with E-state index in [-0.39, 0.29) is 0 Å². The number of hydrogen-bond acceptors (Lipinski definition) is 4. The average molecular weight is 260 g/mol. The van der Waals surface area contributed by atoms with E-state index in [9.17, 15) is 0 Å². The zero-order chi connectivity index (χ0) is 12.7. The summed E-state index contributed by atoms with van der Waals surface area (Å²) in [5, 5.41) is 0.545. The molecule has 0 aliphatic rings. The van der Waals surface area contributed by atoms with Gasteiger partial charge in [0, 0.05) is 11.4 Å². The molecule has 0 amide bonds. The monoisotopic (exact) mass is 259 g/mol. The van der Waals surface area contributed by atoms with Crippen LogP contribution in [0.2, 0.25) is 5.02 Å². The van der Waals surface area contributed by atoms with Gasteiger partial charge in [-0.25, -0.2) is 4.98 Å². The lowest BCUT2D eigenvalue weighted by molar-refractivity contribution is 0.620. The van der Waals surface area contributed by atoms with E-state index in [1.165, 1.54) is 0 Å². The van der Waals surface area contributed by atoms with Crippen LogP contribution in [-0.4, -0.2) is 4.98 Å². The third-order valence-electron chi connectivity index (χ3n) is 2.63. The zero-order valence-electron chi connectivity index (χ0n) is 9.35. The van der Waals surface area contributed by atoms with Crippen LogP contribution in [0.15, 0.2) is 40.8 Å². The number of anilines is 2. The van der Waals surface area contributed by atoms with Crippen molar-refractivity contribution in [3.8, 4) is 11.5 Å². The Bertz CT molecular complexity index is 736. The summed E-state index contributed by atoms with van der Waals surface area (Å²) in [7, 11) is 0. The van der Waals surface area contributed by atoms with Gasteiger partial charge in [0.25, 0.3) is 0 Å². The molecule has 1 heterocycles. The molecular formula is C13H10ClN3O. The molecule has 3 aromatic rings. The summed E-state index contributed by atoms with van der Waals surface area (Å²) >= 11 is 6.11. The number of halogens is 1. The lowest BCUT2D eigenvalue weighted by Crippen LogP contribution is -1.86. The van der Waals surface area contributed by atoms with E-state index in [1.807, 2.05) is 0 Å². The zero-order valence-corrected chi connectivity index (χ0v) is 10.1. The fourth-order valence-electron chi connectivity index (χ4n) is 1.77. The van der Waals surface area contributed by atoms with Gasteiger partial charge < -0.3 is 15.9 Å². The molecule has 0 spiro atoms. The smallest absolute Gasteiger partial charge is 0.228 e. The second kappa shape index (κ2) is 3.92. The molecule has 3 rings (SSSR count). The second-order valence-corrected chi connectivity index (χ2v) is 4.39. The highest BCUT2D eigenvalue weighted by molar-refractivity contribution is 6.33. The Hall–Kier alpha value is -2.20. The number of benzene rings is 2. The van der Waals surface area contributed by atoms with Crippen molar-refractivity contribution in [2.24, 2.45) is 0 Å². The van der Waals surface area contributed by atoms with Gasteiger partial charge in [-0.15, -0.1) is 0 Å². The number of nitrogens with zero attached hydrogens (tertiary/aromatic N) is 1. The maximum Gasteiger partial charge on any atom is 0.228 e. The number of fused-ring (bicyclic) bond motifs is 1. The minimum Gasteiger partial charge on any atom is -0.436 e. The minimum atomic E-state index is 0.438. The van der Waals surface area contributed by atoms with Crippen molar-refractivity contribution in [1.29, 1.82) is 0 Å². The molecule has 1 aromatic heterocycles. The number of hydrogen-bond donors (Lipinski definition) is 2. The molecule has 0 aliphatic heterocycles. The van der Waals surface area contributed by atoms with Crippen molar-refractivity contribution in [3.63, 3.8) is 0 Å². The highest BCUT2D eigenvalue weighted by atomic mass is 35.5. The standard InChI is InChI=1S/C13H10ClN3O/c14-10-3-1-7(15)5-9(10)13-17-11-6-8(16)2-4-12(11)18-13/h1-6H,15-16H2. The van der Waals surface area contributed by atoms with Crippen LogP contribution in [0.1, 0.15) is 0 Å². The van der Waals surface area contributed by atoms with Crippen molar-refractivity contribution < 1.29 is 4.42 Å². The van der Waals surface area contributed by atoms with Gasteiger partial charge >= 0.3 is 0 Å². The summed E-state index contributed by atoms with van der Waals surface area (Å²) in [6.45, 7) is 0. The van der Waals surface area contributed by atoms with E-state index in [4.69, 9.17) is 27.5 Å². The topological polar surface area (TPSA) is 78.1 Å². The summed E-state index contributed by atoms with van der Waals surface area (Å²) in [6.07, 6.45) is 0. The molecule has 0 atom stereocenters. The molecule has 0 saturated heterocycles. The van der Waals surface area contributed by atoms with Gasteiger partial charge in [-0.05, 0) is 36.4 Å². The summed E-state index contributed by atoms with van der Waals surface area (Å²) in [5.41, 5.74) is 14.7. The first kappa shape index (κ1) is 10.9. The maximum absolute atomic E-state index is 6.11. The molecule has 0 aliphatic carbocycles. The number of nitrogens with two attached hydrogens (primary N) is 2. The first-order valence-electron chi connectivity index (χ1n) is 5.35. The SMILES string of the molecule is Nc1ccc(Cl)c(-c2nc3cc(N)ccc3o2)c1. The number of rotatable bonds is 1. The van der Waals surface area contributed by atoms with Crippen LogP contribution in [0, 0.1) is 0 Å². The van der Waals surface area contributed by atoms with Crippen LogP contribution in [0.5, 0.6) is 0 Å². The van der Waals surface area contributed by atoms with E-state index < -0.39 is 0 Å². The Morgan fingerprint density at radius 3 is 2.56 bits per heavy atom. The Labute approximate surface area is 108 Å². The Morgan fingerprint density at radius 2 is 1.72 bits per heavy atom. The highest BCUT2D eigenvalue weighted by Gasteiger charge is 2.12. The molecule has 0 radical (unpaired) electrons. The van der Waals surface area contributed by atoms with Crippen molar-refractivity contribution in [1.82, 2.24) is 4.98 Å². The lowest BCUT2D eigenvalue weighted by Gasteiger charge is -2.00. The molecule has 4 nitrogen and oxygen atoms in total. The Balaban J connectivity index is 2.22. The van der Waals surface area contributed by atoms with Gasteiger partial charge in [0.05, 0.1) is 10.6 Å². The third-order valence-corrected chi connectivity index (χ3v) is 2.96. The fourth-order valence-corrected chi connectivity index (χ4v) is 1.96. The predicted molar refractivity (Wildman–Crippen MR) is 73.3 cm³/mol. The summed E-state index contributed by atoms with van der Waals surface area (Å²) < 4.78 is 5.64. The molecule has 5 heteroatoms. The van der Waals surface area contributed by atoms with Crippen LogP contribution < -0.4 is 11.5 Å². The quantitative estimate of drug-likeness (QED) is 0.657. The molecule has 0 saturated carbocycles. The molecule has 90 valence electrons. The summed E-state index contributed by atoms with van der Waals surface area (Å²) in [4.78, 5) is 4.36. The molecule has 18 heavy (non-hydrogen) atoms. The molecular weight excluding hydrogens is 250 g/mol. The van der Waals surface area contributed by atoms with E-state index in [1.54, 1.807) is 36.4 Å². The van der Waals surface area contributed by atoms with Gasteiger partial charge in [-0.1, -0.05) is 11.6 Å². The first-order valence-corrected chi connectivity index (χ1v) is 5.73. The van der Waals surface area contributed by atoms with Crippen LogP contribution in [-0.2, 0) is 0 Å². The summed E-state index contributed by atoms with van der Waals surface area (Å²) in [6, 6.07) is 10.5. The van der Waals surface area contributed by atoms with Gasteiger partial charge in [0.2, 0.25) is 5.89 Å². The van der Waals surface area contributed by atoms with E-state index in [0.29, 0.717) is 39.0 Å². The van der Waals surface area contributed by atoms with Gasteiger partial charge in [-0.3, -0.25) is 0 Å². The normalized spacial score (nSPS) is 10.9. The minimum absolute atomic E-state index is 0.438. The molecule has 2 aromatic carbocycles. The number of oxazole rings is 1. The Morgan fingerprint density at radius 1 is 1.00 bits per heavy atom. The van der Waals surface area contributed by atoms with Crippen LogP contribution in [0.25, 0.3) is 22.6 Å². The number of nitrogen functional groups attached to an aromatic ring is 2. The van der Waals surface area contributed by atoms with E-state index >= 15 is 0 Å². The Kier molecular flexibility index (Phi) is 2.38. The average Bonchev–Trinajstić information content (AvgIpc) is 2.74. The van der Waals surface area contributed by atoms with Crippen molar-refractivity contribution in [2.45, 2.75) is 0 Å². The van der Waals surface area contributed by atoms with Gasteiger partial charge in [0.1, 0.15) is 5.52 Å². The lowest BCUT2D eigenvalue weighted by atomic mass is 10.2. The van der Waals surface area contributed by atoms with Crippen molar-refractivity contribution in [3.05, 3.63) is 41.4 Å². The fraction of sp³-hybridized carbons (Fsp3) is 0. The second-order valence-electron chi connectivity index (χ2n) is 3.99. The molecule has 0 fully saturated rings. The van der Waals surface area contributed by atoms with Crippen LogP contribution in [0.4, 0.5) is 11.4 Å². The van der Waals surface area contributed by atoms with E-state index in [0.717, 1.165) is 0 Å². The third kappa shape index (κ3) is 1.76. The van der Waals surface area contributed by atoms with E-state index in [2.05, 4.69) is 4.98 Å². The van der Waals surface area contributed by atoms with Crippen LogP contribution >= 0.6 is 11.6 Å². The summed E-state index contributed by atoms with van der Waals surface area (Å²) in [5.74, 6) is 0.438. The van der Waals surface area contributed by atoms with Gasteiger partial charge in [-0.2, -0.15) is 0 Å². The molecule has 0 unspecified atom stereocenters.